The summed E-state index contributed by atoms with van der Waals surface area (Å²) in [6.45, 7) is 3.94. The third-order valence-corrected chi connectivity index (χ3v) is 3.70. The van der Waals surface area contributed by atoms with Crippen LogP contribution >= 0.6 is 0 Å². The number of carbonyl (C=O) groups is 2. The fraction of sp³-hybridized carbons (Fsp3) is 0.227. The lowest BCUT2D eigenvalue weighted by Crippen LogP contribution is -2.13. The summed E-state index contributed by atoms with van der Waals surface area (Å²) in [5.74, 6) is -0.508. The molecule has 30 heavy (non-hydrogen) atoms. The lowest BCUT2D eigenvalue weighted by molar-refractivity contribution is -0.139. The van der Waals surface area contributed by atoms with Crippen LogP contribution in [0, 0.1) is 11.3 Å². The van der Waals surface area contributed by atoms with Gasteiger partial charge in [0, 0.05) is 11.8 Å². The molecule has 2 aromatic rings. The molecule has 0 aliphatic heterocycles. The van der Waals surface area contributed by atoms with Crippen LogP contribution < -0.4 is 19.5 Å². The van der Waals surface area contributed by atoms with E-state index in [0.29, 0.717) is 36.0 Å². The van der Waals surface area contributed by atoms with Crippen LogP contribution in [-0.4, -0.2) is 36.8 Å². The minimum Gasteiger partial charge on any atom is -0.494 e. The Morgan fingerprint density at radius 3 is 2.50 bits per heavy atom. The molecule has 8 heteroatoms. The van der Waals surface area contributed by atoms with Crippen molar-refractivity contribution in [3.05, 3.63) is 53.6 Å². The standard InChI is InChI=1S/C22H22N2O6/c1-3-28-18-7-5-6-17(12-18)24-22(27)16(13-23)10-15-8-9-19(30-14-21(25)26)20(11-15)29-4-2/h5-12H,3-4,14H2,1-2H3,(H,24,27)(H,25,26)/b16-10-. The number of nitriles is 1. The van der Waals surface area contributed by atoms with Crippen LogP contribution in [0.25, 0.3) is 6.08 Å². The zero-order chi connectivity index (χ0) is 21.9. The molecular weight excluding hydrogens is 388 g/mol. The maximum Gasteiger partial charge on any atom is 0.341 e. The van der Waals surface area contributed by atoms with E-state index in [4.69, 9.17) is 19.3 Å². The lowest BCUT2D eigenvalue weighted by atomic mass is 10.1. The molecule has 0 spiro atoms. The van der Waals surface area contributed by atoms with E-state index in [1.165, 1.54) is 12.1 Å². The first-order valence-electron chi connectivity index (χ1n) is 9.24. The maximum atomic E-state index is 12.5. The third-order valence-electron chi connectivity index (χ3n) is 3.70. The number of hydrogen-bond donors (Lipinski definition) is 2. The molecule has 2 aromatic carbocycles. The Kier molecular flexibility index (Phi) is 8.27. The van der Waals surface area contributed by atoms with Crippen LogP contribution in [0.5, 0.6) is 17.2 Å². The van der Waals surface area contributed by atoms with E-state index in [2.05, 4.69) is 5.32 Å². The van der Waals surface area contributed by atoms with E-state index in [9.17, 15) is 14.9 Å². The van der Waals surface area contributed by atoms with E-state index < -0.39 is 18.5 Å². The van der Waals surface area contributed by atoms with Crippen LogP contribution in [-0.2, 0) is 9.59 Å². The predicted octanol–water partition coefficient (Wildman–Crippen LogP) is 3.49. The molecule has 2 N–H and O–H groups in total. The number of amides is 1. The fourth-order valence-corrected chi connectivity index (χ4v) is 2.49. The number of hydrogen-bond acceptors (Lipinski definition) is 6. The van der Waals surface area contributed by atoms with E-state index in [-0.39, 0.29) is 11.3 Å². The quantitative estimate of drug-likeness (QED) is 0.455. The van der Waals surface area contributed by atoms with Crippen LogP contribution in [0.2, 0.25) is 0 Å². The van der Waals surface area contributed by atoms with Crippen molar-refractivity contribution in [3.63, 3.8) is 0 Å². The molecule has 1 amide bonds. The molecular formula is C22H22N2O6. The second kappa shape index (κ2) is 11.1. The van der Waals surface area contributed by atoms with Crippen molar-refractivity contribution >= 4 is 23.6 Å². The Morgan fingerprint density at radius 1 is 1.07 bits per heavy atom. The summed E-state index contributed by atoms with van der Waals surface area (Å²) in [4.78, 5) is 23.2. The molecule has 0 aliphatic carbocycles. The number of anilines is 1. The van der Waals surface area contributed by atoms with Gasteiger partial charge in [0.05, 0.1) is 13.2 Å². The van der Waals surface area contributed by atoms with E-state index in [1.807, 2.05) is 13.0 Å². The molecule has 8 nitrogen and oxygen atoms in total. The Hall–Kier alpha value is -3.99. The summed E-state index contributed by atoms with van der Waals surface area (Å²) in [5.41, 5.74) is 0.911. The van der Waals surface area contributed by atoms with Gasteiger partial charge in [-0.3, -0.25) is 4.79 Å². The fourth-order valence-electron chi connectivity index (χ4n) is 2.49. The van der Waals surface area contributed by atoms with Gasteiger partial charge in [0.1, 0.15) is 17.4 Å². The molecule has 0 heterocycles. The average molecular weight is 410 g/mol. The van der Waals surface area contributed by atoms with Gasteiger partial charge in [0.25, 0.3) is 5.91 Å². The molecule has 0 saturated heterocycles. The summed E-state index contributed by atoms with van der Waals surface area (Å²) in [5, 5.41) is 20.9. The van der Waals surface area contributed by atoms with Crippen LogP contribution in [0.15, 0.2) is 48.0 Å². The number of carboxylic acids is 1. The first kappa shape index (κ1) is 22.3. The van der Waals surface area contributed by atoms with Crippen LogP contribution in [0.4, 0.5) is 5.69 Å². The van der Waals surface area contributed by atoms with Gasteiger partial charge in [-0.2, -0.15) is 5.26 Å². The van der Waals surface area contributed by atoms with Gasteiger partial charge >= 0.3 is 5.97 Å². The number of nitrogens with zero attached hydrogens (tertiary/aromatic N) is 1. The Bertz CT molecular complexity index is 978. The SMILES string of the molecule is CCOc1cccc(NC(=O)/C(C#N)=C\c2ccc(OCC(=O)O)c(OCC)c2)c1. The molecule has 0 aliphatic rings. The Balaban J connectivity index is 2.22. The van der Waals surface area contributed by atoms with E-state index in [1.54, 1.807) is 43.3 Å². The van der Waals surface area contributed by atoms with Gasteiger partial charge < -0.3 is 24.6 Å². The van der Waals surface area contributed by atoms with Crippen molar-refractivity contribution in [3.8, 4) is 23.3 Å². The summed E-state index contributed by atoms with van der Waals surface area (Å²) in [6, 6.07) is 13.4. The number of ether oxygens (including phenoxy) is 3. The number of rotatable bonds is 10. The highest BCUT2D eigenvalue weighted by Gasteiger charge is 2.12. The minimum atomic E-state index is -1.11. The number of carboxylic acid groups (broad SMARTS) is 1. The summed E-state index contributed by atoms with van der Waals surface area (Å²) in [7, 11) is 0. The third kappa shape index (κ3) is 6.56. The Labute approximate surface area is 174 Å². The molecule has 0 aromatic heterocycles. The summed E-state index contributed by atoms with van der Waals surface area (Å²) < 4.78 is 16.1. The van der Waals surface area contributed by atoms with E-state index in [0.717, 1.165) is 0 Å². The zero-order valence-electron chi connectivity index (χ0n) is 16.7. The predicted molar refractivity (Wildman–Crippen MR) is 111 cm³/mol. The minimum absolute atomic E-state index is 0.113. The van der Waals surface area contributed by atoms with Gasteiger partial charge in [0.2, 0.25) is 0 Å². The number of benzene rings is 2. The molecule has 0 atom stereocenters. The van der Waals surface area contributed by atoms with Gasteiger partial charge in [-0.15, -0.1) is 0 Å². The summed E-state index contributed by atoms with van der Waals surface area (Å²) >= 11 is 0. The monoisotopic (exact) mass is 410 g/mol. The van der Waals surface area contributed by atoms with Crippen molar-refractivity contribution in [1.82, 2.24) is 0 Å². The van der Waals surface area contributed by atoms with E-state index >= 15 is 0 Å². The molecule has 0 unspecified atom stereocenters. The van der Waals surface area contributed by atoms with Crippen molar-refractivity contribution < 1.29 is 28.9 Å². The van der Waals surface area contributed by atoms with Crippen molar-refractivity contribution in [2.24, 2.45) is 0 Å². The van der Waals surface area contributed by atoms with Crippen molar-refractivity contribution in [2.45, 2.75) is 13.8 Å². The van der Waals surface area contributed by atoms with Gasteiger partial charge in [0.15, 0.2) is 18.1 Å². The molecule has 0 radical (unpaired) electrons. The van der Waals surface area contributed by atoms with Crippen LogP contribution in [0.1, 0.15) is 19.4 Å². The highest BCUT2D eigenvalue weighted by molar-refractivity contribution is 6.09. The highest BCUT2D eigenvalue weighted by Crippen LogP contribution is 2.29. The first-order chi connectivity index (χ1) is 14.5. The smallest absolute Gasteiger partial charge is 0.341 e. The largest absolute Gasteiger partial charge is 0.494 e. The molecule has 0 bridgehead atoms. The van der Waals surface area contributed by atoms with Crippen molar-refractivity contribution in [1.29, 1.82) is 5.26 Å². The maximum absolute atomic E-state index is 12.5. The normalized spacial score (nSPS) is 10.6. The van der Waals surface area contributed by atoms with Gasteiger partial charge in [-0.1, -0.05) is 12.1 Å². The number of nitrogens with one attached hydrogen (secondary N) is 1. The second-order valence-electron chi connectivity index (χ2n) is 5.91. The summed E-state index contributed by atoms with van der Waals surface area (Å²) in [6.07, 6.45) is 1.41. The molecule has 0 fully saturated rings. The van der Waals surface area contributed by atoms with Crippen LogP contribution in [0.3, 0.4) is 0 Å². The highest BCUT2D eigenvalue weighted by atomic mass is 16.5. The second-order valence-corrected chi connectivity index (χ2v) is 5.91. The lowest BCUT2D eigenvalue weighted by Gasteiger charge is -2.11. The average Bonchev–Trinajstić information content (AvgIpc) is 2.72. The molecule has 2 rings (SSSR count). The Morgan fingerprint density at radius 2 is 1.83 bits per heavy atom. The topological polar surface area (TPSA) is 118 Å². The van der Waals surface area contributed by atoms with Gasteiger partial charge in [-0.05, 0) is 49.8 Å². The first-order valence-corrected chi connectivity index (χ1v) is 9.24. The molecule has 156 valence electrons. The molecule has 0 saturated carbocycles. The van der Waals surface area contributed by atoms with Gasteiger partial charge in [-0.25, -0.2) is 4.79 Å². The zero-order valence-corrected chi connectivity index (χ0v) is 16.7. The number of carbonyl (C=O) groups excluding carboxylic acids is 1. The van der Waals surface area contributed by atoms with Crippen molar-refractivity contribution in [2.75, 3.05) is 25.1 Å². The number of aliphatic carboxylic acids is 1.